The van der Waals surface area contributed by atoms with Crippen LogP contribution in [0.25, 0.3) is 0 Å². The first-order valence-electron chi connectivity index (χ1n) is 8.59. The van der Waals surface area contributed by atoms with Gasteiger partial charge in [-0.2, -0.15) is 0 Å². The van der Waals surface area contributed by atoms with Crippen LogP contribution in [0, 0.1) is 0 Å². The third-order valence-corrected chi connectivity index (χ3v) is 4.83. The summed E-state index contributed by atoms with van der Waals surface area (Å²) in [6.45, 7) is 1.93. The summed E-state index contributed by atoms with van der Waals surface area (Å²) in [6, 6.07) is 11.9. The zero-order valence-electron chi connectivity index (χ0n) is 15.3. The molecular weight excluding hydrogens is 368 g/mol. The van der Waals surface area contributed by atoms with Gasteiger partial charge in [0, 0.05) is 42.3 Å². The summed E-state index contributed by atoms with van der Waals surface area (Å²) < 4.78 is 10.5. The van der Waals surface area contributed by atoms with Crippen LogP contribution in [0.5, 0.6) is 11.5 Å². The van der Waals surface area contributed by atoms with E-state index in [2.05, 4.69) is 0 Å². The largest absolute Gasteiger partial charge is 0.493 e. The SMILES string of the molecule is COc1ccc(C(=O)N2CCN(C(=O)c3ccc(Cl)cc3)CC2)cc1OC. The van der Waals surface area contributed by atoms with E-state index in [4.69, 9.17) is 21.1 Å². The molecule has 0 aromatic heterocycles. The van der Waals surface area contributed by atoms with E-state index in [1.165, 1.54) is 7.11 Å². The summed E-state index contributed by atoms with van der Waals surface area (Å²) in [5.74, 6) is 0.951. The van der Waals surface area contributed by atoms with Gasteiger partial charge in [0.25, 0.3) is 11.8 Å². The summed E-state index contributed by atoms with van der Waals surface area (Å²) in [6.07, 6.45) is 0. The first-order valence-corrected chi connectivity index (χ1v) is 8.97. The van der Waals surface area contributed by atoms with Crippen LogP contribution < -0.4 is 9.47 Å². The van der Waals surface area contributed by atoms with Crippen molar-refractivity contribution in [3.8, 4) is 11.5 Å². The predicted molar refractivity (Wildman–Crippen MR) is 103 cm³/mol. The van der Waals surface area contributed by atoms with E-state index in [1.54, 1.807) is 59.4 Å². The maximum absolute atomic E-state index is 12.8. The van der Waals surface area contributed by atoms with Crippen LogP contribution in [-0.2, 0) is 0 Å². The number of hydrogen-bond acceptors (Lipinski definition) is 4. The topological polar surface area (TPSA) is 59.1 Å². The average molecular weight is 389 g/mol. The minimum absolute atomic E-state index is 0.0510. The van der Waals surface area contributed by atoms with Crippen molar-refractivity contribution >= 4 is 23.4 Å². The Kier molecular flexibility index (Phi) is 5.86. The van der Waals surface area contributed by atoms with E-state index >= 15 is 0 Å². The number of halogens is 1. The number of benzene rings is 2. The first kappa shape index (κ1) is 19.0. The molecule has 1 aliphatic heterocycles. The maximum atomic E-state index is 12.8. The third kappa shape index (κ3) is 4.17. The molecule has 2 aromatic carbocycles. The van der Waals surface area contributed by atoms with E-state index in [-0.39, 0.29) is 11.8 Å². The summed E-state index contributed by atoms with van der Waals surface area (Å²) in [4.78, 5) is 28.8. The highest BCUT2D eigenvalue weighted by molar-refractivity contribution is 6.30. The van der Waals surface area contributed by atoms with Crippen LogP contribution in [0.4, 0.5) is 0 Å². The molecule has 3 rings (SSSR count). The summed E-state index contributed by atoms with van der Waals surface area (Å²) in [5, 5.41) is 0.594. The van der Waals surface area contributed by atoms with Gasteiger partial charge < -0.3 is 19.3 Å². The van der Waals surface area contributed by atoms with Gasteiger partial charge in [0.1, 0.15) is 0 Å². The number of carbonyl (C=O) groups excluding carboxylic acids is 2. The first-order chi connectivity index (χ1) is 13.0. The summed E-state index contributed by atoms with van der Waals surface area (Å²) in [5.41, 5.74) is 1.13. The highest BCUT2D eigenvalue weighted by Gasteiger charge is 2.26. The van der Waals surface area contributed by atoms with Gasteiger partial charge in [-0.3, -0.25) is 9.59 Å². The number of amides is 2. The Bertz CT molecular complexity index is 830. The average Bonchev–Trinajstić information content (AvgIpc) is 2.72. The molecular formula is C20H21ClN2O4. The van der Waals surface area contributed by atoms with E-state index < -0.39 is 0 Å². The smallest absolute Gasteiger partial charge is 0.254 e. The Morgan fingerprint density at radius 3 is 1.78 bits per heavy atom. The number of methoxy groups -OCH3 is 2. The number of hydrogen-bond donors (Lipinski definition) is 0. The Morgan fingerprint density at radius 2 is 1.26 bits per heavy atom. The molecule has 2 aromatic rings. The van der Waals surface area contributed by atoms with Crippen molar-refractivity contribution in [1.29, 1.82) is 0 Å². The molecule has 0 unspecified atom stereocenters. The Balaban J connectivity index is 1.64. The molecule has 0 aliphatic carbocycles. The van der Waals surface area contributed by atoms with E-state index in [0.29, 0.717) is 53.8 Å². The number of nitrogens with zero attached hydrogens (tertiary/aromatic N) is 2. The fraction of sp³-hybridized carbons (Fsp3) is 0.300. The van der Waals surface area contributed by atoms with Crippen molar-refractivity contribution < 1.29 is 19.1 Å². The van der Waals surface area contributed by atoms with Crippen LogP contribution in [0.15, 0.2) is 42.5 Å². The predicted octanol–water partition coefficient (Wildman–Crippen LogP) is 2.96. The Hall–Kier alpha value is -2.73. The number of carbonyl (C=O) groups is 2. The molecule has 142 valence electrons. The van der Waals surface area contributed by atoms with Crippen LogP contribution >= 0.6 is 11.6 Å². The minimum atomic E-state index is -0.0884. The minimum Gasteiger partial charge on any atom is -0.493 e. The van der Waals surface area contributed by atoms with Crippen LogP contribution in [0.1, 0.15) is 20.7 Å². The molecule has 1 heterocycles. The molecule has 1 saturated heterocycles. The van der Waals surface area contributed by atoms with Gasteiger partial charge in [0.2, 0.25) is 0 Å². The van der Waals surface area contributed by atoms with Crippen LogP contribution in [0.3, 0.4) is 0 Å². The van der Waals surface area contributed by atoms with E-state index in [1.807, 2.05) is 0 Å². The van der Waals surface area contributed by atoms with Crippen molar-refractivity contribution in [3.05, 3.63) is 58.6 Å². The molecule has 0 bridgehead atoms. The highest BCUT2D eigenvalue weighted by Crippen LogP contribution is 2.28. The fourth-order valence-electron chi connectivity index (χ4n) is 3.04. The standard InChI is InChI=1S/C20H21ClN2O4/c1-26-17-8-5-15(13-18(17)27-2)20(25)23-11-9-22(10-12-23)19(24)14-3-6-16(21)7-4-14/h3-8,13H,9-12H2,1-2H3. The lowest BCUT2D eigenvalue weighted by molar-refractivity contribution is 0.0535. The molecule has 1 fully saturated rings. The van der Waals surface area contributed by atoms with Crippen LogP contribution in [0.2, 0.25) is 5.02 Å². The number of ether oxygens (including phenoxy) is 2. The van der Waals surface area contributed by atoms with Gasteiger partial charge in [0.05, 0.1) is 14.2 Å². The van der Waals surface area contributed by atoms with Gasteiger partial charge in [0.15, 0.2) is 11.5 Å². The molecule has 1 aliphatic rings. The summed E-state index contributed by atoms with van der Waals surface area (Å²) in [7, 11) is 3.09. The molecule has 0 radical (unpaired) electrons. The van der Waals surface area contributed by atoms with Crippen molar-refractivity contribution in [2.24, 2.45) is 0 Å². The maximum Gasteiger partial charge on any atom is 0.254 e. The highest BCUT2D eigenvalue weighted by atomic mass is 35.5. The number of rotatable bonds is 4. The van der Waals surface area contributed by atoms with Gasteiger partial charge in [-0.1, -0.05) is 11.6 Å². The Morgan fingerprint density at radius 1 is 0.778 bits per heavy atom. The number of piperazine rings is 1. The second-order valence-electron chi connectivity index (χ2n) is 6.16. The second-order valence-corrected chi connectivity index (χ2v) is 6.60. The van der Waals surface area contributed by atoms with Crippen molar-refractivity contribution in [3.63, 3.8) is 0 Å². The molecule has 0 N–H and O–H groups in total. The molecule has 27 heavy (non-hydrogen) atoms. The van der Waals surface area contributed by atoms with Crippen molar-refractivity contribution in [2.75, 3.05) is 40.4 Å². The van der Waals surface area contributed by atoms with Gasteiger partial charge in [-0.15, -0.1) is 0 Å². The Labute approximate surface area is 163 Å². The molecule has 0 spiro atoms. The van der Waals surface area contributed by atoms with Gasteiger partial charge >= 0.3 is 0 Å². The van der Waals surface area contributed by atoms with Gasteiger partial charge in [-0.25, -0.2) is 0 Å². The lowest BCUT2D eigenvalue weighted by atomic mass is 10.1. The fourth-order valence-corrected chi connectivity index (χ4v) is 3.17. The normalized spacial score (nSPS) is 14.0. The molecule has 0 saturated carbocycles. The van der Waals surface area contributed by atoms with E-state index in [9.17, 15) is 9.59 Å². The lowest BCUT2D eigenvalue weighted by Gasteiger charge is -2.35. The molecule has 0 atom stereocenters. The quantitative estimate of drug-likeness (QED) is 0.808. The van der Waals surface area contributed by atoms with Gasteiger partial charge in [-0.05, 0) is 42.5 Å². The van der Waals surface area contributed by atoms with Crippen LogP contribution in [-0.4, -0.2) is 62.0 Å². The second kappa shape index (κ2) is 8.31. The lowest BCUT2D eigenvalue weighted by Crippen LogP contribution is -2.50. The molecule has 2 amide bonds. The summed E-state index contributed by atoms with van der Waals surface area (Å²) >= 11 is 5.87. The van der Waals surface area contributed by atoms with Crippen molar-refractivity contribution in [1.82, 2.24) is 9.80 Å². The zero-order valence-corrected chi connectivity index (χ0v) is 16.0. The molecule has 7 heteroatoms. The zero-order chi connectivity index (χ0) is 19.4. The van der Waals surface area contributed by atoms with Crippen molar-refractivity contribution in [2.45, 2.75) is 0 Å². The molecule has 6 nitrogen and oxygen atoms in total. The van der Waals surface area contributed by atoms with E-state index in [0.717, 1.165) is 0 Å². The third-order valence-electron chi connectivity index (χ3n) is 4.58. The monoisotopic (exact) mass is 388 g/mol.